The van der Waals surface area contributed by atoms with E-state index in [1.165, 1.54) is 0 Å². The maximum absolute atomic E-state index is 11.3. The first kappa shape index (κ1) is 13.0. The molecule has 1 N–H and O–H groups in total. The van der Waals surface area contributed by atoms with E-state index >= 15 is 0 Å². The molecule has 1 amide bonds. The molecule has 1 aliphatic heterocycles. The highest BCUT2D eigenvalue weighted by Gasteiger charge is 2.29. The number of nitriles is 1. The first-order chi connectivity index (χ1) is 7.59. The normalized spacial score (nSPS) is 20.1. The van der Waals surface area contributed by atoms with Gasteiger partial charge in [0.05, 0.1) is 11.5 Å². The predicted octanol–water partition coefficient (Wildman–Crippen LogP) is 1.14. The maximum atomic E-state index is 11.3. The SMILES string of the molecule is CCNC(=O)CCN1CCC(C)(C#N)CC1. The molecule has 1 rings (SSSR count). The van der Waals surface area contributed by atoms with E-state index in [1.54, 1.807) is 0 Å². The third-order valence-corrected chi connectivity index (χ3v) is 3.26. The van der Waals surface area contributed by atoms with Gasteiger partial charge in [0.2, 0.25) is 5.91 Å². The lowest BCUT2D eigenvalue weighted by Crippen LogP contribution is -2.39. The van der Waals surface area contributed by atoms with Crippen molar-refractivity contribution in [3.8, 4) is 6.07 Å². The van der Waals surface area contributed by atoms with E-state index in [0.717, 1.165) is 32.5 Å². The average Bonchev–Trinajstić information content (AvgIpc) is 2.29. The van der Waals surface area contributed by atoms with Crippen LogP contribution in [0.3, 0.4) is 0 Å². The molecule has 90 valence electrons. The summed E-state index contributed by atoms with van der Waals surface area (Å²) in [5.74, 6) is 0.121. The van der Waals surface area contributed by atoms with E-state index in [0.29, 0.717) is 13.0 Å². The number of piperidine rings is 1. The van der Waals surface area contributed by atoms with E-state index in [1.807, 2.05) is 13.8 Å². The summed E-state index contributed by atoms with van der Waals surface area (Å²) in [6.45, 7) is 7.33. The van der Waals surface area contributed by atoms with Crippen LogP contribution in [0.4, 0.5) is 0 Å². The fourth-order valence-electron chi connectivity index (χ4n) is 1.93. The third-order valence-electron chi connectivity index (χ3n) is 3.26. The molecule has 1 fully saturated rings. The number of rotatable bonds is 4. The van der Waals surface area contributed by atoms with Crippen molar-refractivity contribution in [3.63, 3.8) is 0 Å². The third kappa shape index (κ3) is 3.82. The van der Waals surface area contributed by atoms with Crippen LogP contribution in [0.1, 0.15) is 33.1 Å². The predicted molar refractivity (Wildman–Crippen MR) is 62.7 cm³/mol. The summed E-state index contributed by atoms with van der Waals surface area (Å²) in [5.41, 5.74) is -0.151. The fraction of sp³-hybridized carbons (Fsp3) is 0.833. The number of hydrogen-bond acceptors (Lipinski definition) is 3. The Morgan fingerprint density at radius 2 is 2.12 bits per heavy atom. The second kappa shape index (κ2) is 5.86. The summed E-state index contributed by atoms with van der Waals surface area (Å²) in [6.07, 6.45) is 2.40. The summed E-state index contributed by atoms with van der Waals surface area (Å²) >= 11 is 0. The molecule has 0 saturated carbocycles. The zero-order valence-electron chi connectivity index (χ0n) is 10.3. The van der Waals surface area contributed by atoms with Crippen molar-refractivity contribution in [2.24, 2.45) is 5.41 Å². The van der Waals surface area contributed by atoms with Crippen molar-refractivity contribution < 1.29 is 4.79 Å². The number of hydrogen-bond donors (Lipinski definition) is 1. The van der Waals surface area contributed by atoms with Crippen LogP contribution in [0, 0.1) is 16.7 Å². The van der Waals surface area contributed by atoms with Gasteiger partial charge < -0.3 is 10.2 Å². The highest BCUT2D eigenvalue weighted by atomic mass is 16.1. The van der Waals surface area contributed by atoms with Gasteiger partial charge in [0, 0.05) is 19.5 Å². The first-order valence-corrected chi connectivity index (χ1v) is 6.00. The summed E-state index contributed by atoms with van der Waals surface area (Å²) in [4.78, 5) is 13.6. The Labute approximate surface area is 97.6 Å². The lowest BCUT2D eigenvalue weighted by molar-refractivity contribution is -0.121. The first-order valence-electron chi connectivity index (χ1n) is 6.00. The smallest absolute Gasteiger partial charge is 0.221 e. The van der Waals surface area contributed by atoms with Crippen LogP contribution in [-0.2, 0) is 4.79 Å². The highest BCUT2D eigenvalue weighted by Crippen LogP contribution is 2.29. The van der Waals surface area contributed by atoms with Gasteiger partial charge in [-0.2, -0.15) is 5.26 Å². The number of amides is 1. The quantitative estimate of drug-likeness (QED) is 0.777. The van der Waals surface area contributed by atoms with Gasteiger partial charge >= 0.3 is 0 Å². The zero-order valence-corrected chi connectivity index (χ0v) is 10.3. The molecule has 1 saturated heterocycles. The van der Waals surface area contributed by atoms with Crippen molar-refractivity contribution in [2.75, 3.05) is 26.2 Å². The molecule has 1 aliphatic rings. The minimum atomic E-state index is -0.151. The van der Waals surface area contributed by atoms with Gasteiger partial charge in [-0.05, 0) is 39.8 Å². The number of likely N-dealkylation sites (tertiary alicyclic amines) is 1. The molecular weight excluding hydrogens is 202 g/mol. The fourth-order valence-corrected chi connectivity index (χ4v) is 1.93. The van der Waals surface area contributed by atoms with E-state index in [-0.39, 0.29) is 11.3 Å². The Kier molecular flexibility index (Phi) is 4.75. The van der Waals surface area contributed by atoms with E-state index in [9.17, 15) is 4.79 Å². The summed E-state index contributed by atoms with van der Waals surface area (Å²) in [7, 11) is 0. The average molecular weight is 223 g/mol. The van der Waals surface area contributed by atoms with Gasteiger partial charge in [-0.25, -0.2) is 0 Å². The molecule has 0 bridgehead atoms. The molecular formula is C12H21N3O. The van der Waals surface area contributed by atoms with Gasteiger partial charge in [0.15, 0.2) is 0 Å². The summed E-state index contributed by atoms with van der Waals surface area (Å²) in [5, 5.41) is 11.8. The number of nitrogens with zero attached hydrogens (tertiary/aromatic N) is 2. The van der Waals surface area contributed by atoms with Gasteiger partial charge in [-0.3, -0.25) is 4.79 Å². The van der Waals surface area contributed by atoms with Crippen LogP contribution in [0.5, 0.6) is 0 Å². The second-order valence-electron chi connectivity index (χ2n) is 4.72. The number of nitrogens with one attached hydrogen (secondary N) is 1. The largest absolute Gasteiger partial charge is 0.356 e. The van der Waals surface area contributed by atoms with Crippen LogP contribution in [0.15, 0.2) is 0 Å². The van der Waals surface area contributed by atoms with Crippen LogP contribution in [-0.4, -0.2) is 37.0 Å². The second-order valence-corrected chi connectivity index (χ2v) is 4.72. The van der Waals surface area contributed by atoms with Crippen molar-refractivity contribution in [1.29, 1.82) is 5.26 Å². The van der Waals surface area contributed by atoms with E-state index < -0.39 is 0 Å². The molecule has 0 spiro atoms. The Bertz CT molecular complexity index is 274. The Hall–Kier alpha value is -1.08. The van der Waals surface area contributed by atoms with Crippen LogP contribution in [0.2, 0.25) is 0 Å². The minimum absolute atomic E-state index is 0.121. The van der Waals surface area contributed by atoms with Crippen molar-refractivity contribution in [2.45, 2.75) is 33.1 Å². The highest BCUT2D eigenvalue weighted by molar-refractivity contribution is 5.75. The van der Waals surface area contributed by atoms with Crippen LogP contribution < -0.4 is 5.32 Å². The molecule has 0 atom stereocenters. The molecule has 0 aliphatic carbocycles. The molecule has 16 heavy (non-hydrogen) atoms. The van der Waals surface area contributed by atoms with Crippen molar-refractivity contribution in [1.82, 2.24) is 10.2 Å². The Morgan fingerprint density at radius 3 is 2.62 bits per heavy atom. The molecule has 4 heteroatoms. The topological polar surface area (TPSA) is 56.1 Å². The van der Waals surface area contributed by atoms with E-state index in [2.05, 4.69) is 16.3 Å². The summed E-state index contributed by atoms with van der Waals surface area (Å²) in [6, 6.07) is 2.38. The Morgan fingerprint density at radius 1 is 1.50 bits per heavy atom. The van der Waals surface area contributed by atoms with Gasteiger partial charge in [0.1, 0.15) is 0 Å². The molecule has 4 nitrogen and oxygen atoms in total. The van der Waals surface area contributed by atoms with Crippen LogP contribution >= 0.6 is 0 Å². The minimum Gasteiger partial charge on any atom is -0.356 e. The zero-order chi connectivity index (χ0) is 12.0. The lowest BCUT2D eigenvalue weighted by Gasteiger charge is -2.34. The lowest BCUT2D eigenvalue weighted by atomic mass is 9.82. The number of carbonyl (C=O) groups is 1. The van der Waals surface area contributed by atoms with Gasteiger partial charge in [-0.15, -0.1) is 0 Å². The van der Waals surface area contributed by atoms with Crippen molar-refractivity contribution in [3.05, 3.63) is 0 Å². The Balaban J connectivity index is 2.23. The molecule has 0 aromatic heterocycles. The molecule has 1 heterocycles. The van der Waals surface area contributed by atoms with Crippen molar-refractivity contribution >= 4 is 5.91 Å². The number of carbonyl (C=O) groups excluding carboxylic acids is 1. The monoisotopic (exact) mass is 223 g/mol. The molecule has 0 aromatic rings. The molecule has 0 radical (unpaired) electrons. The molecule has 0 aromatic carbocycles. The van der Waals surface area contributed by atoms with Gasteiger partial charge in [-0.1, -0.05) is 0 Å². The van der Waals surface area contributed by atoms with Crippen LogP contribution in [0.25, 0.3) is 0 Å². The standard InChI is InChI=1S/C12H21N3O/c1-3-14-11(16)4-7-15-8-5-12(2,10-13)6-9-15/h3-9H2,1-2H3,(H,14,16). The van der Waals surface area contributed by atoms with Gasteiger partial charge in [0.25, 0.3) is 0 Å². The summed E-state index contributed by atoms with van der Waals surface area (Å²) < 4.78 is 0. The molecule has 0 unspecified atom stereocenters. The maximum Gasteiger partial charge on any atom is 0.221 e. The van der Waals surface area contributed by atoms with E-state index in [4.69, 9.17) is 5.26 Å².